The number of amides is 2. The summed E-state index contributed by atoms with van der Waals surface area (Å²) in [6.45, 7) is 1.25. The Labute approximate surface area is 243 Å². The lowest BCUT2D eigenvalue weighted by Crippen LogP contribution is -2.53. The number of halogens is 1. The Morgan fingerprint density at radius 1 is 1.05 bits per heavy atom. The molecule has 0 aromatic heterocycles. The Balaban J connectivity index is 2.11. The fraction of sp³-hybridized carbons (Fsp3) is 0.286. The molecule has 3 aromatic rings. The Hall–Kier alpha value is -4.16. The number of nitrogens with zero attached hydrogens (tertiary/aromatic N) is 3. The SMILES string of the molecule is CCNC(=O)[C@H](Cc1ccccc1)N(Cc1cccc(Cl)c1)C(=O)CN(c1cc([N+](=O)[O-])ccc1OC)S(C)(=O)=O. The maximum absolute atomic E-state index is 14.1. The summed E-state index contributed by atoms with van der Waals surface area (Å²) < 4.78 is 32.0. The summed E-state index contributed by atoms with van der Waals surface area (Å²) in [4.78, 5) is 39.5. The Kier molecular flexibility index (Phi) is 10.7. The highest BCUT2D eigenvalue weighted by Gasteiger charge is 2.34. The van der Waals surface area contributed by atoms with Crippen LogP contribution in [0.5, 0.6) is 5.75 Å². The summed E-state index contributed by atoms with van der Waals surface area (Å²) >= 11 is 6.19. The topological polar surface area (TPSA) is 139 Å². The van der Waals surface area contributed by atoms with Crippen LogP contribution in [0.15, 0.2) is 72.8 Å². The molecule has 0 bridgehead atoms. The number of nitro groups is 1. The van der Waals surface area contributed by atoms with Crippen molar-refractivity contribution in [3.05, 3.63) is 99.1 Å². The van der Waals surface area contributed by atoms with Crippen molar-refractivity contribution in [2.24, 2.45) is 0 Å². The number of methoxy groups -OCH3 is 1. The summed E-state index contributed by atoms with van der Waals surface area (Å²) in [6, 6.07) is 18.3. The number of non-ortho nitro benzene ring substituents is 1. The van der Waals surface area contributed by atoms with Gasteiger partial charge in [0.05, 0.1) is 18.3 Å². The van der Waals surface area contributed by atoms with Gasteiger partial charge in [-0.2, -0.15) is 0 Å². The average molecular weight is 603 g/mol. The van der Waals surface area contributed by atoms with E-state index in [1.54, 1.807) is 31.2 Å². The van der Waals surface area contributed by atoms with Crippen molar-refractivity contribution in [1.82, 2.24) is 10.2 Å². The molecule has 0 fully saturated rings. The summed E-state index contributed by atoms with van der Waals surface area (Å²) in [5.74, 6) is -1.12. The molecule has 1 N–H and O–H groups in total. The molecule has 0 spiro atoms. The first-order valence-corrected chi connectivity index (χ1v) is 14.8. The molecule has 0 saturated heterocycles. The zero-order valence-corrected chi connectivity index (χ0v) is 24.4. The van der Waals surface area contributed by atoms with Crippen molar-refractivity contribution in [3.8, 4) is 5.75 Å². The first kappa shape index (κ1) is 31.4. The molecule has 0 saturated carbocycles. The van der Waals surface area contributed by atoms with Gasteiger partial charge in [0, 0.05) is 36.7 Å². The molecule has 1 atom stereocenters. The van der Waals surface area contributed by atoms with Gasteiger partial charge in [0.25, 0.3) is 5.69 Å². The molecule has 41 heavy (non-hydrogen) atoms. The van der Waals surface area contributed by atoms with Crippen LogP contribution in [-0.2, 0) is 32.6 Å². The van der Waals surface area contributed by atoms with E-state index >= 15 is 0 Å². The van der Waals surface area contributed by atoms with Gasteiger partial charge >= 0.3 is 0 Å². The van der Waals surface area contributed by atoms with Crippen molar-refractivity contribution in [2.75, 3.05) is 30.8 Å². The third-order valence-electron chi connectivity index (χ3n) is 6.19. The highest BCUT2D eigenvalue weighted by molar-refractivity contribution is 7.92. The van der Waals surface area contributed by atoms with Crippen LogP contribution in [0.2, 0.25) is 5.02 Å². The van der Waals surface area contributed by atoms with Crippen LogP contribution >= 0.6 is 11.6 Å². The number of benzene rings is 3. The van der Waals surface area contributed by atoms with Crippen molar-refractivity contribution in [2.45, 2.75) is 25.9 Å². The zero-order valence-electron chi connectivity index (χ0n) is 22.8. The molecule has 0 unspecified atom stereocenters. The normalized spacial score (nSPS) is 11.8. The maximum Gasteiger partial charge on any atom is 0.271 e. The monoisotopic (exact) mass is 602 g/mol. The van der Waals surface area contributed by atoms with E-state index in [4.69, 9.17) is 16.3 Å². The van der Waals surface area contributed by atoms with E-state index in [2.05, 4.69) is 5.32 Å². The summed E-state index contributed by atoms with van der Waals surface area (Å²) in [7, 11) is -2.87. The number of nitrogens with one attached hydrogen (secondary N) is 1. The number of likely N-dealkylation sites (N-methyl/N-ethyl adjacent to an activating group) is 1. The molecule has 3 rings (SSSR count). The standard InChI is InChI=1S/C28H31ClN4O7S/c1-4-30-28(35)25(16-20-9-6-5-7-10-20)31(18-21-11-8-12-22(29)15-21)27(34)19-32(41(3,38)39)24-17-23(33(36)37)13-14-26(24)40-2/h5-15,17,25H,4,16,18-19H2,1-3H3,(H,30,35)/t25-/m0/s1. The van der Waals surface area contributed by atoms with Crippen molar-refractivity contribution < 1.29 is 27.7 Å². The van der Waals surface area contributed by atoms with E-state index in [0.29, 0.717) is 17.1 Å². The molecule has 218 valence electrons. The third-order valence-corrected chi connectivity index (χ3v) is 7.55. The molecule has 13 heteroatoms. The molecule has 0 aliphatic heterocycles. The lowest BCUT2D eigenvalue weighted by molar-refractivity contribution is -0.384. The van der Waals surface area contributed by atoms with Crippen molar-refractivity contribution in [1.29, 1.82) is 0 Å². The second kappa shape index (κ2) is 14.0. The van der Waals surface area contributed by atoms with E-state index in [1.165, 1.54) is 24.1 Å². The van der Waals surface area contributed by atoms with Crippen LogP contribution in [0.3, 0.4) is 0 Å². The number of hydrogen-bond donors (Lipinski definition) is 1. The lowest BCUT2D eigenvalue weighted by Gasteiger charge is -2.33. The number of nitro benzene ring substituents is 1. The second-order valence-corrected chi connectivity index (χ2v) is 11.5. The third kappa shape index (κ3) is 8.41. The van der Waals surface area contributed by atoms with Gasteiger partial charge in [-0.1, -0.05) is 54.1 Å². The average Bonchev–Trinajstić information content (AvgIpc) is 2.93. The van der Waals surface area contributed by atoms with E-state index in [1.807, 2.05) is 30.3 Å². The van der Waals surface area contributed by atoms with Gasteiger partial charge < -0.3 is 15.0 Å². The number of sulfonamides is 1. The van der Waals surface area contributed by atoms with Crippen LogP contribution < -0.4 is 14.4 Å². The van der Waals surface area contributed by atoms with Gasteiger partial charge in [0.2, 0.25) is 21.8 Å². The van der Waals surface area contributed by atoms with Gasteiger partial charge in [0.1, 0.15) is 24.0 Å². The first-order chi connectivity index (χ1) is 19.4. The van der Waals surface area contributed by atoms with E-state index in [0.717, 1.165) is 22.2 Å². The minimum atomic E-state index is -4.15. The fourth-order valence-corrected chi connectivity index (χ4v) is 5.32. The van der Waals surface area contributed by atoms with Gasteiger partial charge in [-0.25, -0.2) is 8.42 Å². The summed E-state index contributed by atoms with van der Waals surface area (Å²) in [5, 5.41) is 14.6. The van der Waals surface area contributed by atoms with Crippen LogP contribution in [0.1, 0.15) is 18.1 Å². The van der Waals surface area contributed by atoms with E-state index in [-0.39, 0.29) is 30.1 Å². The predicted molar refractivity (Wildman–Crippen MR) is 156 cm³/mol. The van der Waals surface area contributed by atoms with Gasteiger partial charge in [-0.3, -0.25) is 24.0 Å². The van der Waals surface area contributed by atoms with Crippen LogP contribution in [0, 0.1) is 10.1 Å². The number of carbonyl (C=O) groups is 2. The van der Waals surface area contributed by atoms with Gasteiger partial charge in [-0.15, -0.1) is 0 Å². The maximum atomic E-state index is 14.1. The minimum Gasteiger partial charge on any atom is -0.495 e. The summed E-state index contributed by atoms with van der Waals surface area (Å²) in [6.07, 6.45) is 1.03. The van der Waals surface area contributed by atoms with Crippen LogP contribution in [0.4, 0.5) is 11.4 Å². The molecule has 0 aliphatic rings. The van der Waals surface area contributed by atoms with E-state index in [9.17, 15) is 28.1 Å². The lowest BCUT2D eigenvalue weighted by atomic mass is 10.0. The minimum absolute atomic E-state index is 0.0137. The smallest absolute Gasteiger partial charge is 0.271 e. The molecule has 3 aromatic carbocycles. The molecule has 0 radical (unpaired) electrons. The number of anilines is 1. The van der Waals surface area contributed by atoms with Crippen molar-refractivity contribution >= 4 is 44.8 Å². The molecule has 0 aliphatic carbocycles. The Bertz CT molecular complexity index is 1500. The Morgan fingerprint density at radius 3 is 2.32 bits per heavy atom. The molecule has 2 amide bonds. The number of ether oxygens (including phenoxy) is 1. The largest absolute Gasteiger partial charge is 0.495 e. The summed E-state index contributed by atoms with van der Waals surface area (Å²) in [5.41, 5.74) is 0.833. The van der Waals surface area contributed by atoms with Gasteiger partial charge in [0.15, 0.2) is 0 Å². The molecule has 11 nitrogen and oxygen atoms in total. The molecular formula is C28H31ClN4O7S. The van der Waals surface area contributed by atoms with Crippen molar-refractivity contribution in [3.63, 3.8) is 0 Å². The number of hydrogen-bond acceptors (Lipinski definition) is 7. The first-order valence-electron chi connectivity index (χ1n) is 12.6. The Morgan fingerprint density at radius 2 is 1.73 bits per heavy atom. The molecular weight excluding hydrogens is 572 g/mol. The number of carbonyl (C=O) groups excluding carboxylic acids is 2. The van der Waals surface area contributed by atoms with Gasteiger partial charge in [-0.05, 0) is 36.2 Å². The predicted octanol–water partition coefficient (Wildman–Crippen LogP) is 3.80. The van der Waals surface area contributed by atoms with Crippen LogP contribution in [-0.4, -0.2) is 62.6 Å². The number of rotatable bonds is 13. The highest BCUT2D eigenvalue weighted by atomic mass is 35.5. The molecule has 0 heterocycles. The highest BCUT2D eigenvalue weighted by Crippen LogP contribution is 2.34. The fourth-order valence-electron chi connectivity index (χ4n) is 4.26. The quantitative estimate of drug-likeness (QED) is 0.232. The van der Waals surface area contributed by atoms with E-state index < -0.39 is 39.3 Å². The van der Waals surface area contributed by atoms with Crippen LogP contribution in [0.25, 0.3) is 0 Å². The second-order valence-electron chi connectivity index (χ2n) is 9.13. The zero-order chi connectivity index (χ0) is 30.2.